The molecule has 1 aliphatic heterocycles. The number of hydrogen-bond donors (Lipinski definition) is 1. The van der Waals surface area contributed by atoms with E-state index in [2.05, 4.69) is 11.4 Å². The molecule has 2 unspecified atom stereocenters. The van der Waals surface area contributed by atoms with Gasteiger partial charge < -0.3 is 19.5 Å². The van der Waals surface area contributed by atoms with Crippen molar-refractivity contribution in [3.05, 3.63) is 70.9 Å². The maximum atomic E-state index is 13.1. The molecule has 0 saturated heterocycles. The van der Waals surface area contributed by atoms with Crippen molar-refractivity contribution in [2.75, 3.05) is 14.2 Å². The van der Waals surface area contributed by atoms with Crippen molar-refractivity contribution in [2.24, 2.45) is 5.92 Å². The minimum absolute atomic E-state index is 0.136. The second kappa shape index (κ2) is 9.42. The Hall–Kier alpha value is -3.37. The maximum absolute atomic E-state index is 13.1. The molecule has 6 nitrogen and oxygen atoms in total. The van der Waals surface area contributed by atoms with Gasteiger partial charge in [0, 0.05) is 11.6 Å². The van der Waals surface area contributed by atoms with Gasteiger partial charge >= 0.3 is 5.97 Å². The van der Waals surface area contributed by atoms with Gasteiger partial charge in [0.25, 0.3) is 0 Å². The van der Waals surface area contributed by atoms with Gasteiger partial charge in [-0.05, 0) is 30.2 Å². The lowest BCUT2D eigenvalue weighted by Crippen LogP contribution is -2.40. The number of nitrogens with zero attached hydrogens (tertiary/aromatic N) is 1. The third-order valence-electron chi connectivity index (χ3n) is 4.98. The zero-order valence-electron chi connectivity index (χ0n) is 17.0. The molecule has 0 spiro atoms. The molecule has 0 radical (unpaired) electrons. The smallest absolute Gasteiger partial charge is 0.336 e. The molecule has 0 fully saturated rings. The van der Waals surface area contributed by atoms with E-state index in [0.717, 1.165) is 5.56 Å². The zero-order chi connectivity index (χ0) is 21.7. The van der Waals surface area contributed by atoms with Gasteiger partial charge in [-0.1, -0.05) is 48.6 Å². The van der Waals surface area contributed by atoms with Gasteiger partial charge in [0.15, 0.2) is 11.5 Å². The zero-order valence-corrected chi connectivity index (χ0v) is 17.8. The first kappa shape index (κ1) is 21.3. The van der Waals surface area contributed by atoms with Crippen LogP contribution in [0.2, 0.25) is 0 Å². The molecule has 0 bridgehead atoms. The third-order valence-corrected chi connectivity index (χ3v) is 5.34. The van der Waals surface area contributed by atoms with Crippen LogP contribution in [0.25, 0.3) is 0 Å². The van der Waals surface area contributed by atoms with Crippen molar-refractivity contribution in [3.8, 4) is 17.6 Å². The van der Waals surface area contributed by atoms with Crippen LogP contribution >= 0.6 is 12.2 Å². The summed E-state index contributed by atoms with van der Waals surface area (Å²) in [5.74, 6) is -0.745. The van der Waals surface area contributed by atoms with E-state index in [9.17, 15) is 10.1 Å². The van der Waals surface area contributed by atoms with Gasteiger partial charge in [-0.25, -0.2) is 4.79 Å². The summed E-state index contributed by atoms with van der Waals surface area (Å²) in [5, 5.41) is 12.8. The second-order valence-corrected chi connectivity index (χ2v) is 7.23. The average Bonchev–Trinajstić information content (AvgIpc) is 2.77. The molecule has 0 amide bonds. The number of methoxy groups -OCH3 is 2. The predicted molar refractivity (Wildman–Crippen MR) is 116 cm³/mol. The van der Waals surface area contributed by atoms with E-state index in [4.69, 9.17) is 26.4 Å². The Kier molecular flexibility index (Phi) is 6.70. The highest BCUT2D eigenvalue weighted by Crippen LogP contribution is 2.41. The number of ether oxygens (including phenoxy) is 3. The summed E-state index contributed by atoms with van der Waals surface area (Å²) < 4.78 is 16.3. The van der Waals surface area contributed by atoms with Crippen molar-refractivity contribution in [2.45, 2.75) is 19.4 Å². The fourth-order valence-corrected chi connectivity index (χ4v) is 3.84. The number of benzene rings is 2. The maximum Gasteiger partial charge on any atom is 0.336 e. The molecular weight excluding hydrogens is 400 g/mol. The fourth-order valence-electron chi connectivity index (χ4n) is 3.50. The van der Waals surface area contributed by atoms with Crippen LogP contribution < -0.4 is 14.8 Å². The topological polar surface area (TPSA) is 80.6 Å². The van der Waals surface area contributed by atoms with E-state index in [-0.39, 0.29) is 6.61 Å². The molecule has 2 aromatic rings. The van der Waals surface area contributed by atoms with Gasteiger partial charge in [-0.15, -0.1) is 0 Å². The van der Waals surface area contributed by atoms with Crippen LogP contribution in [0.1, 0.15) is 24.0 Å². The van der Waals surface area contributed by atoms with Crippen molar-refractivity contribution >= 4 is 23.2 Å². The van der Waals surface area contributed by atoms with Crippen LogP contribution in [-0.2, 0) is 16.1 Å². The first-order valence-electron chi connectivity index (χ1n) is 9.34. The summed E-state index contributed by atoms with van der Waals surface area (Å²) in [6.07, 6.45) is 0. The number of carbonyl (C=O) groups is 1. The summed E-state index contributed by atoms with van der Waals surface area (Å²) in [4.78, 5) is 13.5. The van der Waals surface area contributed by atoms with E-state index in [1.165, 1.54) is 7.11 Å². The first-order chi connectivity index (χ1) is 14.5. The SMILES string of the molecule is COc1ccc(C2C(C(=O)OCc3ccccc3)=C(C)NC(=S)C2C#N)cc1OC. The van der Waals surface area contributed by atoms with Gasteiger partial charge in [-0.3, -0.25) is 0 Å². The molecule has 2 aromatic carbocycles. The monoisotopic (exact) mass is 422 g/mol. The highest BCUT2D eigenvalue weighted by Gasteiger charge is 2.39. The number of allylic oxidation sites excluding steroid dienone is 1. The number of rotatable bonds is 6. The van der Waals surface area contributed by atoms with Gasteiger partial charge in [0.05, 0.1) is 30.9 Å². The lowest BCUT2D eigenvalue weighted by molar-refractivity contribution is -0.140. The molecular formula is C23H22N2O4S. The average molecular weight is 423 g/mol. The predicted octanol–water partition coefficient (Wildman–Crippen LogP) is 3.88. The van der Waals surface area contributed by atoms with Crippen LogP contribution in [-0.4, -0.2) is 25.2 Å². The number of nitriles is 1. The van der Waals surface area contributed by atoms with Crippen molar-refractivity contribution in [1.82, 2.24) is 5.32 Å². The molecule has 1 N–H and O–H groups in total. The molecule has 30 heavy (non-hydrogen) atoms. The van der Waals surface area contributed by atoms with Crippen molar-refractivity contribution < 1.29 is 19.0 Å². The number of esters is 1. The second-order valence-electron chi connectivity index (χ2n) is 6.79. The summed E-state index contributed by atoms with van der Waals surface area (Å²) in [6, 6.07) is 17.0. The fraction of sp³-hybridized carbons (Fsp3) is 0.261. The molecule has 1 heterocycles. The van der Waals surface area contributed by atoms with Gasteiger partial charge in [0.2, 0.25) is 0 Å². The van der Waals surface area contributed by atoms with Crippen molar-refractivity contribution in [3.63, 3.8) is 0 Å². The van der Waals surface area contributed by atoms with Crippen molar-refractivity contribution in [1.29, 1.82) is 5.26 Å². The summed E-state index contributed by atoms with van der Waals surface area (Å²) in [7, 11) is 3.08. The molecule has 0 saturated carbocycles. The van der Waals surface area contributed by atoms with E-state index in [1.54, 1.807) is 26.2 Å². The van der Waals surface area contributed by atoms with Gasteiger partial charge in [0.1, 0.15) is 12.5 Å². The Balaban J connectivity index is 2.00. The van der Waals surface area contributed by atoms with Crippen LogP contribution in [0.15, 0.2) is 59.8 Å². The van der Waals surface area contributed by atoms with Crippen LogP contribution in [0.3, 0.4) is 0 Å². The highest BCUT2D eigenvalue weighted by molar-refractivity contribution is 7.80. The summed E-state index contributed by atoms with van der Waals surface area (Å²) in [6.45, 7) is 1.89. The molecule has 7 heteroatoms. The third kappa shape index (κ3) is 4.29. The summed E-state index contributed by atoms with van der Waals surface area (Å²) >= 11 is 5.40. The molecule has 154 valence electrons. The van der Waals surface area contributed by atoms with Crippen LogP contribution in [0.5, 0.6) is 11.5 Å². The van der Waals surface area contributed by atoms with Gasteiger partial charge in [-0.2, -0.15) is 5.26 Å². The number of thiocarbonyl (C=S) groups is 1. The minimum Gasteiger partial charge on any atom is -0.493 e. The Morgan fingerprint density at radius 1 is 1.13 bits per heavy atom. The Morgan fingerprint density at radius 2 is 1.83 bits per heavy atom. The van der Waals surface area contributed by atoms with E-state index in [1.807, 2.05) is 36.4 Å². The normalized spacial score (nSPS) is 18.3. The standard InChI is InChI=1S/C23H22N2O4S/c1-14-20(23(26)29-13-15-7-5-4-6-8-15)21(17(12-24)22(30)25-14)16-9-10-18(27-2)19(11-16)28-3/h4-11,17,21H,13H2,1-3H3,(H,25,30). The number of nitrogens with one attached hydrogen (secondary N) is 1. The molecule has 3 rings (SSSR count). The Labute approximate surface area is 181 Å². The lowest BCUT2D eigenvalue weighted by Gasteiger charge is -2.32. The highest BCUT2D eigenvalue weighted by atomic mass is 32.1. The van der Waals surface area contributed by atoms with E-state index in [0.29, 0.717) is 33.3 Å². The van der Waals surface area contributed by atoms with E-state index >= 15 is 0 Å². The van der Waals surface area contributed by atoms with E-state index < -0.39 is 17.8 Å². The van der Waals surface area contributed by atoms with Crippen LogP contribution in [0, 0.1) is 17.2 Å². The quantitative estimate of drug-likeness (QED) is 0.559. The largest absolute Gasteiger partial charge is 0.493 e. The molecule has 2 atom stereocenters. The first-order valence-corrected chi connectivity index (χ1v) is 9.75. The minimum atomic E-state index is -0.721. The molecule has 0 aromatic heterocycles. The lowest BCUT2D eigenvalue weighted by atomic mass is 9.77. The molecule has 1 aliphatic rings. The molecule has 0 aliphatic carbocycles. The van der Waals surface area contributed by atoms with Crippen LogP contribution in [0.4, 0.5) is 0 Å². The Bertz CT molecular complexity index is 1030. The number of hydrogen-bond acceptors (Lipinski definition) is 6. The number of carbonyl (C=O) groups excluding carboxylic acids is 1. The Morgan fingerprint density at radius 3 is 2.47 bits per heavy atom. The summed E-state index contributed by atoms with van der Waals surface area (Å²) in [5.41, 5.74) is 2.54.